The highest BCUT2D eigenvalue weighted by Gasteiger charge is 2.13. The molecule has 1 unspecified atom stereocenters. The van der Waals surface area contributed by atoms with Crippen molar-refractivity contribution in [3.8, 4) is 0 Å². The van der Waals surface area contributed by atoms with E-state index in [1.165, 1.54) is 76.7 Å². The fourth-order valence-electron chi connectivity index (χ4n) is 3.07. The number of aromatic nitrogens is 1. The number of nitrogens with zero attached hydrogens (tertiary/aromatic N) is 2. The second-order valence-corrected chi connectivity index (χ2v) is 6.86. The predicted octanol–water partition coefficient (Wildman–Crippen LogP) is 5.60. The Morgan fingerprint density at radius 1 is 0.870 bits per heavy atom. The van der Waals surface area contributed by atoms with Crippen molar-refractivity contribution in [1.29, 1.82) is 0 Å². The molecule has 0 aliphatic heterocycles. The quantitative estimate of drug-likeness (QED) is 0.429. The molecule has 0 saturated carbocycles. The number of unbranched alkanes of at least 4 members (excludes halogenated alkanes) is 3. The van der Waals surface area contributed by atoms with Crippen molar-refractivity contribution < 1.29 is 4.57 Å². The van der Waals surface area contributed by atoms with Crippen LogP contribution in [0, 0.1) is 5.92 Å². The molecule has 0 spiro atoms. The lowest BCUT2D eigenvalue weighted by Gasteiger charge is -2.24. The van der Waals surface area contributed by atoms with Gasteiger partial charge in [0.2, 0.25) is 0 Å². The summed E-state index contributed by atoms with van der Waals surface area (Å²) in [6.45, 7) is 12.7. The second kappa shape index (κ2) is 12.4. The van der Waals surface area contributed by atoms with Gasteiger partial charge in [-0.2, -0.15) is 0 Å². The molecule has 1 atom stereocenters. The van der Waals surface area contributed by atoms with E-state index >= 15 is 0 Å². The van der Waals surface area contributed by atoms with Gasteiger partial charge in [0.25, 0.3) is 0 Å². The maximum Gasteiger partial charge on any atom is 0.170 e. The van der Waals surface area contributed by atoms with Crippen molar-refractivity contribution in [3.63, 3.8) is 0 Å². The minimum Gasteiger partial charge on any atom is -0.371 e. The Balaban J connectivity index is 2.64. The minimum atomic E-state index is 0.821. The third-order valence-electron chi connectivity index (χ3n) is 4.81. The number of hydrogen-bond acceptors (Lipinski definition) is 1. The van der Waals surface area contributed by atoms with E-state index in [1.807, 2.05) is 0 Å². The summed E-state index contributed by atoms with van der Waals surface area (Å²) < 4.78 is 2.38. The first kappa shape index (κ1) is 20.0. The zero-order valence-corrected chi connectivity index (χ0v) is 16.1. The Labute approximate surface area is 144 Å². The SMILES string of the molecule is CCCCC(CC)C[n+]1ccc(N(CCCC)CCCC)cc1. The molecule has 1 rings (SSSR count). The Bertz CT molecular complexity index is 377. The number of pyridine rings is 1. The van der Waals surface area contributed by atoms with Crippen molar-refractivity contribution in [2.24, 2.45) is 5.92 Å². The fourth-order valence-corrected chi connectivity index (χ4v) is 3.07. The van der Waals surface area contributed by atoms with Crippen LogP contribution in [0.1, 0.15) is 79.1 Å². The smallest absolute Gasteiger partial charge is 0.170 e. The van der Waals surface area contributed by atoms with E-state index in [9.17, 15) is 0 Å². The highest BCUT2D eigenvalue weighted by Crippen LogP contribution is 2.15. The lowest BCUT2D eigenvalue weighted by atomic mass is 9.99. The first-order valence-corrected chi connectivity index (χ1v) is 9.99. The molecular formula is C21H39N2+. The largest absolute Gasteiger partial charge is 0.371 e. The van der Waals surface area contributed by atoms with Gasteiger partial charge in [0.15, 0.2) is 18.9 Å². The van der Waals surface area contributed by atoms with Crippen LogP contribution in [0.4, 0.5) is 5.69 Å². The molecule has 0 aliphatic carbocycles. The van der Waals surface area contributed by atoms with Crippen LogP contribution in [0.2, 0.25) is 0 Å². The molecule has 2 nitrogen and oxygen atoms in total. The van der Waals surface area contributed by atoms with Gasteiger partial charge in [0, 0.05) is 36.8 Å². The Morgan fingerprint density at radius 3 is 1.91 bits per heavy atom. The van der Waals surface area contributed by atoms with Gasteiger partial charge in [-0.25, -0.2) is 4.57 Å². The zero-order chi connectivity index (χ0) is 16.9. The van der Waals surface area contributed by atoms with E-state index in [2.05, 4.69) is 61.7 Å². The molecule has 2 heteroatoms. The fraction of sp³-hybridized carbons (Fsp3) is 0.762. The first-order valence-electron chi connectivity index (χ1n) is 9.99. The van der Waals surface area contributed by atoms with Gasteiger partial charge in [-0.15, -0.1) is 0 Å². The topological polar surface area (TPSA) is 7.12 Å². The summed E-state index contributed by atoms with van der Waals surface area (Å²) >= 11 is 0. The molecule has 132 valence electrons. The van der Waals surface area contributed by atoms with Gasteiger partial charge >= 0.3 is 0 Å². The monoisotopic (exact) mass is 319 g/mol. The highest BCUT2D eigenvalue weighted by molar-refractivity contribution is 5.43. The third-order valence-corrected chi connectivity index (χ3v) is 4.81. The second-order valence-electron chi connectivity index (χ2n) is 6.86. The average molecular weight is 320 g/mol. The number of rotatable bonds is 13. The molecule has 0 radical (unpaired) electrons. The molecule has 1 aromatic heterocycles. The normalized spacial score (nSPS) is 12.3. The van der Waals surface area contributed by atoms with Crippen molar-refractivity contribution in [3.05, 3.63) is 24.5 Å². The van der Waals surface area contributed by atoms with Gasteiger partial charge in [0.05, 0.1) is 0 Å². The summed E-state index contributed by atoms with van der Waals surface area (Å²) in [6, 6.07) is 4.63. The first-order chi connectivity index (χ1) is 11.2. The van der Waals surface area contributed by atoms with E-state index in [4.69, 9.17) is 0 Å². The molecule has 0 fully saturated rings. The standard InChI is InChI=1S/C21H39N2/c1-5-9-12-20(8-4)19-22-17-13-21(14-18-22)23(15-10-6-2)16-11-7-3/h13-14,17-18,20H,5-12,15-16,19H2,1-4H3/q+1. The Kier molecular flexibility index (Phi) is 10.8. The van der Waals surface area contributed by atoms with Gasteiger partial charge in [-0.1, -0.05) is 53.4 Å². The Hall–Kier alpha value is -1.05. The predicted molar refractivity (Wildman–Crippen MR) is 102 cm³/mol. The summed E-state index contributed by atoms with van der Waals surface area (Å²) in [7, 11) is 0. The van der Waals surface area contributed by atoms with Crippen LogP contribution in [0.25, 0.3) is 0 Å². The van der Waals surface area contributed by atoms with E-state index in [1.54, 1.807) is 0 Å². The minimum absolute atomic E-state index is 0.821. The molecule has 0 aromatic carbocycles. The average Bonchev–Trinajstić information content (AvgIpc) is 2.59. The van der Waals surface area contributed by atoms with E-state index in [-0.39, 0.29) is 0 Å². The van der Waals surface area contributed by atoms with Crippen molar-refractivity contribution in [2.75, 3.05) is 18.0 Å². The van der Waals surface area contributed by atoms with E-state index < -0.39 is 0 Å². The lowest BCUT2D eigenvalue weighted by Crippen LogP contribution is -2.37. The van der Waals surface area contributed by atoms with Gasteiger partial charge < -0.3 is 4.90 Å². The molecule has 1 heterocycles. The summed E-state index contributed by atoms with van der Waals surface area (Å²) in [5.41, 5.74) is 1.39. The molecule has 0 N–H and O–H groups in total. The third kappa shape index (κ3) is 7.85. The van der Waals surface area contributed by atoms with Crippen LogP contribution in [0.15, 0.2) is 24.5 Å². The summed E-state index contributed by atoms with van der Waals surface area (Å²) in [5.74, 6) is 0.821. The molecule has 0 saturated heterocycles. The number of hydrogen-bond donors (Lipinski definition) is 0. The summed E-state index contributed by atoms with van der Waals surface area (Å²) in [5, 5.41) is 0. The van der Waals surface area contributed by atoms with Crippen LogP contribution in [0.5, 0.6) is 0 Å². The summed E-state index contributed by atoms with van der Waals surface area (Å²) in [6.07, 6.45) is 15.0. The van der Waals surface area contributed by atoms with Crippen LogP contribution in [-0.4, -0.2) is 13.1 Å². The molecule has 0 amide bonds. The van der Waals surface area contributed by atoms with Crippen LogP contribution >= 0.6 is 0 Å². The van der Waals surface area contributed by atoms with E-state index in [0.717, 1.165) is 5.92 Å². The van der Waals surface area contributed by atoms with Gasteiger partial charge in [0.1, 0.15) is 0 Å². The maximum absolute atomic E-state index is 2.56. The van der Waals surface area contributed by atoms with Crippen LogP contribution in [-0.2, 0) is 6.54 Å². The van der Waals surface area contributed by atoms with E-state index in [0.29, 0.717) is 0 Å². The molecule has 0 aliphatic rings. The Morgan fingerprint density at radius 2 is 1.43 bits per heavy atom. The lowest BCUT2D eigenvalue weighted by molar-refractivity contribution is -0.703. The van der Waals surface area contributed by atoms with Crippen molar-refractivity contribution >= 4 is 5.69 Å². The molecule has 23 heavy (non-hydrogen) atoms. The number of anilines is 1. The van der Waals surface area contributed by atoms with Crippen molar-refractivity contribution in [2.45, 2.75) is 85.6 Å². The molecule has 1 aromatic rings. The highest BCUT2D eigenvalue weighted by atomic mass is 15.1. The van der Waals surface area contributed by atoms with Crippen LogP contribution < -0.4 is 9.47 Å². The van der Waals surface area contributed by atoms with Crippen molar-refractivity contribution in [1.82, 2.24) is 0 Å². The van der Waals surface area contributed by atoms with Crippen LogP contribution in [0.3, 0.4) is 0 Å². The van der Waals surface area contributed by atoms with Gasteiger partial charge in [-0.05, 0) is 25.7 Å². The molecular weight excluding hydrogens is 280 g/mol. The zero-order valence-electron chi connectivity index (χ0n) is 16.1. The van der Waals surface area contributed by atoms with Gasteiger partial charge in [-0.3, -0.25) is 0 Å². The molecule has 0 bridgehead atoms. The maximum atomic E-state index is 2.56. The summed E-state index contributed by atoms with van der Waals surface area (Å²) in [4.78, 5) is 2.56.